The van der Waals surface area contributed by atoms with Crippen LogP contribution in [-0.4, -0.2) is 27.9 Å². The largest absolute Gasteiger partial charge is 0.464 e. The molecule has 4 heteroatoms. The third-order valence-electron chi connectivity index (χ3n) is 4.80. The first-order chi connectivity index (χ1) is 10.8. The molecule has 1 aromatic carbocycles. The zero-order chi connectivity index (χ0) is 15.1. The number of fused-ring (bicyclic) bond motifs is 2. The van der Waals surface area contributed by atoms with E-state index in [2.05, 4.69) is 17.1 Å². The van der Waals surface area contributed by atoms with E-state index in [9.17, 15) is 4.79 Å². The molecule has 0 bridgehead atoms. The molecule has 4 rings (SSSR count). The van der Waals surface area contributed by atoms with Crippen molar-refractivity contribution in [2.75, 3.05) is 0 Å². The number of hydrogen-bond acceptors (Lipinski definition) is 3. The summed E-state index contributed by atoms with van der Waals surface area (Å²) >= 11 is 0. The molecule has 22 heavy (non-hydrogen) atoms. The minimum absolute atomic E-state index is 0.120. The molecule has 0 spiro atoms. The number of rotatable bonds is 2. The van der Waals surface area contributed by atoms with Crippen LogP contribution in [0.4, 0.5) is 0 Å². The maximum Gasteiger partial charge on any atom is 0.264 e. The first-order valence-corrected chi connectivity index (χ1v) is 8.12. The number of carbonyl (C=O) groups is 1. The van der Waals surface area contributed by atoms with Crippen LogP contribution in [0.5, 0.6) is 5.88 Å². The molecule has 0 radical (unpaired) electrons. The fraction of sp³-hybridized carbons (Fsp3) is 0.444. The molecule has 0 unspecified atom stereocenters. The van der Waals surface area contributed by atoms with Crippen LogP contribution < -0.4 is 4.74 Å². The first-order valence-electron chi connectivity index (χ1n) is 8.12. The van der Waals surface area contributed by atoms with Gasteiger partial charge >= 0.3 is 0 Å². The number of nitrogens with zero attached hydrogens (tertiary/aromatic N) is 2. The van der Waals surface area contributed by atoms with Crippen molar-refractivity contribution in [3.05, 3.63) is 35.9 Å². The van der Waals surface area contributed by atoms with Gasteiger partial charge in [-0.2, -0.15) is 0 Å². The van der Waals surface area contributed by atoms with Crippen molar-refractivity contribution < 1.29 is 9.53 Å². The van der Waals surface area contributed by atoms with Crippen LogP contribution in [0.2, 0.25) is 0 Å². The van der Waals surface area contributed by atoms with E-state index in [1.807, 2.05) is 30.0 Å². The Bertz CT molecular complexity index is 724. The molecule has 0 saturated heterocycles. The van der Waals surface area contributed by atoms with E-state index >= 15 is 0 Å². The summed E-state index contributed by atoms with van der Waals surface area (Å²) in [7, 11) is 0. The Morgan fingerprint density at radius 3 is 2.86 bits per heavy atom. The molecule has 1 amide bonds. The van der Waals surface area contributed by atoms with E-state index in [1.54, 1.807) is 0 Å². The SMILES string of the molecule is CC[C@@H]1Oc2nc3ccccc3cc2CN(C2CCC2)C1=O. The van der Waals surface area contributed by atoms with E-state index in [1.165, 1.54) is 6.42 Å². The van der Waals surface area contributed by atoms with Crippen molar-refractivity contribution >= 4 is 16.8 Å². The van der Waals surface area contributed by atoms with E-state index in [-0.39, 0.29) is 5.91 Å². The monoisotopic (exact) mass is 296 g/mol. The van der Waals surface area contributed by atoms with Gasteiger partial charge in [0.25, 0.3) is 5.91 Å². The number of carbonyl (C=O) groups excluding carboxylic acids is 1. The highest BCUT2D eigenvalue weighted by Gasteiger charge is 2.36. The van der Waals surface area contributed by atoms with Crippen molar-refractivity contribution in [1.82, 2.24) is 9.88 Å². The molecular weight excluding hydrogens is 276 g/mol. The lowest BCUT2D eigenvalue weighted by molar-refractivity contribution is -0.142. The van der Waals surface area contributed by atoms with Crippen LogP contribution in [0.25, 0.3) is 10.9 Å². The summed E-state index contributed by atoms with van der Waals surface area (Å²) < 4.78 is 5.97. The maximum atomic E-state index is 12.7. The topological polar surface area (TPSA) is 42.4 Å². The third kappa shape index (κ3) is 2.14. The molecule has 1 aliphatic heterocycles. The average Bonchev–Trinajstić information content (AvgIpc) is 2.61. The number of amides is 1. The van der Waals surface area contributed by atoms with E-state index < -0.39 is 6.10 Å². The van der Waals surface area contributed by atoms with Crippen LogP contribution in [0.3, 0.4) is 0 Å². The van der Waals surface area contributed by atoms with E-state index in [0.717, 1.165) is 29.3 Å². The summed E-state index contributed by atoms with van der Waals surface area (Å²) in [4.78, 5) is 19.4. The summed E-state index contributed by atoms with van der Waals surface area (Å²) in [5.41, 5.74) is 1.94. The second kappa shape index (κ2) is 5.27. The normalized spacial score (nSPS) is 22.0. The van der Waals surface area contributed by atoms with Gasteiger partial charge in [-0.1, -0.05) is 25.1 Å². The summed E-state index contributed by atoms with van der Waals surface area (Å²) in [6, 6.07) is 10.5. The molecule has 4 nitrogen and oxygen atoms in total. The Balaban J connectivity index is 1.79. The molecular formula is C18H20N2O2. The van der Waals surface area contributed by atoms with Gasteiger partial charge in [0.2, 0.25) is 5.88 Å². The molecule has 2 heterocycles. The Hall–Kier alpha value is -2.10. The highest BCUT2D eigenvalue weighted by Crippen LogP contribution is 2.33. The predicted molar refractivity (Wildman–Crippen MR) is 84.6 cm³/mol. The Morgan fingerprint density at radius 2 is 2.14 bits per heavy atom. The smallest absolute Gasteiger partial charge is 0.264 e. The van der Waals surface area contributed by atoms with Crippen LogP contribution >= 0.6 is 0 Å². The van der Waals surface area contributed by atoms with Crippen molar-refractivity contribution in [2.45, 2.75) is 51.3 Å². The van der Waals surface area contributed by atoms with E-state index in [0.29, 0.717) is 24.9 Å². The zero-order valence-corrected chi connectivity index (χ0v) is 12.8. The number of hydrogen-bond donors (Lipinski definition) is 0. The van der Waals surface area contributed by atoms with Gasteiger partial charge in [-0.05, 0) is 37.8 Å². The second-order valence-corrected chi connectivity index (χ2v) is 6.21. The van der Waals surface area contributed by atoms with Crippen LogP contribution in [0, 0.1) is 0 Å². The summed E-state index contributed by atoms with van der Waals surface area (Å²) in [6.07, 6.45) is 3.71. The van der Waals surface area contributed by atoms with Gasteiger partial charge in [-0.15, -0.1) is 0 Å². The van der Waals surface area contributed by atoms with Crippen LogP contribution in [-0.2, 0) is 11.3 Å². The Labute approximate surface area is 130 Å². The number of ether oxygens (including phenoxy) is 1. The molecule has 1 atom stereocenters. The molecule has 114 valence electrons. The number of benzene rings is 1. The maximum absolute atomic E-state index is 12.7. The minimum atomic E-state index is -0.407. The second-order valence-electron chi connectivity index (χ2n) is 6.21. The lowest BCUT2D eigenvalue weighted by Gasteiger charge is -2.37. The van der Waals surface area contributed by atoms with Gasteiger partial charge in [0, 0.05) is 17.0 Å². The van der Waals surface area contributed by atoms with Crippen LogP contribution in [0.1, 0.15) is 38.2 Å². The first kappa shape index (κ1) is 13.6. The lowest BCUT2D eigenvalue weighted by Crippen LogP contribution is -2.47. The summed E-state index contributed by atoms with van der Waals surface area (Å²) in [6.45, 7) is 2.61. The standard InChI is InChI=1S/C18H20N2O2/c1-2-16-18(21)20(14-7-5-8-14)11-13-10-12-6-3-4-9-15(12)19-17(13)22-16/h3-4,6,9-10,14,16H,2,5,7-8,11H2,1H3/t16-/m0/s1. The minimum Gasteiger partial charge on any atom is -0.464 e. The lowest BCUT2D eigenvalue weighted by atomic mass is 9.90. The number of aromatic nitrogens is 1. The highest BCUT2D eigenvalue weighted by atomic mass is 16.5. The Morgan fingerprint density at radius 1 is 1.32 bits per heavy atom. The summed E-state index contributed by atoms with van der Waals surface area (Å²) in [5.74, 6) is 0.745. The molecule has 1 aromatic heterocycles. The fourth-order valence-corrected chi connectivity index (χ4v) is 3.25. The van der Waals surface area contributed by atoms with Crippen LogP contribution in [0.15, 0.2) is 30.3 Å². The van der Waals surface area contributed by atoms with Crippen molar-refractivity contribution in [1.29, 1.82) is 0 Å². The van der Waals surface area contributed by atoms with Crippen molar-refractivity contribution in [3.63, 3.8) is 0 Å². The Kier molecular flexibility index (Phi) is 3.25. The molecule has 1 aliphatic carbocycles. The number of pyridine rings is 1. The molecule has 0 N–H and O–H groups in total. The van der Waals surface area contributed by atoms with Gasteiger partial charge in [0.05, 0.1) is 12.1 Å². The summed E-state index contributed by atoms with van der Waals surface area (Å²) in [5, 5.41) is 1.10. The van der Waals surface area contributed by atoms with E-state index in [4.69, 9.17) is 4.74 Å². The van der Waals surface area contributed by atoms with Gasteiger partial charge in [-0.3, -0.25) is 4.79 Å². The molecule has 2 aromatic rings. The van der Waals surface area contributed by atoms with Gasteiger partial charge in [-0.25, -0.2) is 4.98 Å². The number of para-hydroxylation sites is 1. The fourth-order valence-electron chi connectivity index (χ4n) is 3.25. The average molecular weight is 296 g/mol. The molecule has 1 saturated carbocycles. The molecule has 2 aliphatic rings. The van der Waals surface area contributed by atoms with Crippen molar-refractivity contribution in [3.8, 4) is 5.88 Å². The highest BCUT2D eigenvalue weighted by molar-refractivity contribution is 5.84. The van der Waals surface area contributed by atoms with Gasteiger partial charge < -0.3 is 9.64 Å². The third-order valence-corrected chi connectivity index (χ3v) is 4.80. The van der Waals surface area contributed by atoms with Gasteiger partial charge in [0.1, 0.15) is 0 Å². The zero-order valence-electron chi connectivity index (χ0n) is 12.8. The van der Waals surface area contributed by atoms with Crippen molar-refractivity contribution in [2.24, 2.45) is 0 Å². The quantitative estimate of drug-likeness (QED) is 0.854. The molecule has 1 fully saturated rings. The predicted octanol–water partition coefficient (Wildman–Crippen LogP) is 3.29. The van der Waals surface area contributed by atoms with Gasteiger partial charge in [0.15, 0.2) is 6.10 Å².